The highest BCUT2D eigenvalue weighted by Gasteiger charge is 2.33. The first-order chi connectivity index (χ1) is 12.3. The summed E-state index contributed by atoms with van der Waals surface area (Å²) in [7, 11) is -3.59. The number of aryl methyl sites for hydroxylation is 1. The van der Waals surface area contributed by atoms with Gasteiger partial charge in [0.2, 0.25) is 10.0 Å². The Morgan fingerprint density at radius 2 is 2.00 bits per heavy atom. The SMILES string of the molecule is CCn1ncc(S(=O)(=O)N2CCC[C@H](c3ccc(C(=O)O)cc3)C2)c1C. The molecule has 1 aliphatic rings. The van der Waals surface area contributed by atoms with E-state index in [2.05, 4.69) is 5.10 Å². The van der Waals surface area contributed by atoms with Crippen molar-refractivity contribution in [3.63, 3.8) is 0 Å². The molecule has 3 rings (SSSR count). The molecule has 0 amide bonds. The topological polar surface area (TPSA) is 92.5 Å². The summed E-state index contributed by atoms with van der Waals surface area (Å²) in [6.07, 6.45) is 3.08. The third-order valence-corrected chi connectivity index (χ3v) is 6.96. The van der Waals surface area contributed by atoms with Gasteiger partial charge < -0.3 is 5.11 Å². The van der Waals surface area contributed by atoms with Crippen LogP contribution < -0.4 is 0 Å². The van der Waals surface area contributed by atoms with Gasteiger partial charge in [0, 0.05) is 19.6 Å². The second-order valence-corrected chi connectivity index (χ2v) is 8.45. The zero-order valence-electron chi connectivity index (χ0n) is 14.9. The number of carbonyl (C=O) groups is 1. The largest absolute Gasteiger partial charge is 0.478 e. The van der Waals surface area contributed by atoms with Crippen molar-refractivity contribution in [1.82, 2.24) is 14.1 Å². The van der Waals surface area contributed by atoms with E-state index in [1.807, 2.05) is 6.92 Å². The van der Waals surface area contributed by atoms with Crippen LogP contribution in [0.1, 0.15) is 47.3 Å². The maximum atomic E-state index is 13.1. The maximum Gasteiger partial charge on any atom is 0.335 e. The second kappa shape index (κ2) is 7.20. The zero-order valence-corrected chi connectivity index (χ0v) is 15.7. The van der Waals surface area contributed by atoms with Crippen LogP contribution >= 0.6 is 0 Å². The van der Waals surface area contributed by atoms with Crippen molar-refractivity contribution in [2.24, 2.45) is 0 Å². The van der Waals surface area contributed by atoms with Gasteiger partial charge in [0.05, 0.1) is 17.5 Å². The first kappa shape index (κ1) is 18.6. The molecule has 26 heavy (non-hydrogen) atoms. The molecule has 0 saturated carbocycles. The van der Waals surface area contributed by atoms with Crippen LogP contribution in [0.3, 0.4) is 0 Å². The maximum absolute atomic E-state index is 13.1. The van der Waals surface area contributed by atoms with Crippen molar-refractivity contribution in [2.75, 3.05) is 13.1 Å². The summed E-state index contributed by atoms with van der Waals surface area (Å²) >= 11 is 0. The molecule has 1 aromatic carbocycles. The van der Waals surface area contributed by atoms with Gasteiger partial charge in [0.15, 0.2) is 0 Å². The van der Waals surface area contributed by atoms with Gasteiger partial charge in [-0.2, -0.15) is 9.40 Å². The lowest BCUT2D eigenvalue weighted by Gasteiger charge is -2.32. The average molecular weight is 377 g/mol. The van der Waals surface area contributed by atoms with Gasteiger partial charge in [-0.15, -0.1) is 0 Å². The molecule has 0 radical (unpaired) electrons. The highest BCUT2D eigenvalue weighted by Crippen LogP contribution is 2.31. The summed E-state index contributed by atoms with van der Waals surface area (Å²) in [5.74, 6) is -0.907. The average Bonchev–Trinajstić information content (AvgIpc) is 3.03. The molecule has 1 atom stereocenters. The number of hydrogen-bond donors (Lipinski definition) is 1. The van der Waals surface area contributed by atoms with Crippen LogP contribution in [0.15, 0.2) is 35.4 Å². The molecule has 140 valence electrons. The van der Waals surface area contributed by atoms with Crippen LogP contribution in [-0.4, -0.2) is 46.7 Å². The number of hydrogen-bond acceptors (Lipinski definition) is 4. The Hall–Kier alpha value is -2.19. The molecule has 2 aromatic rings. The Kier molecular flexibility index (Phi) is 5.15. The first-order valence-corrected chi connectivity index (χ1v) is 10.1. The molecule has 1 saturated heterocycles. The Labute approximate surface area is 153 Å². The molecule has 1 aromatic heterocycles. The van der Waals surface area contributed by atoms with Crippen molar-refractivity contribution in [3.8, 4) is 0 Å². The smallest absolute Gasteiger partial charge is 0.335 e. The number of carboxylic acid groups (broad SMARTS) is 1. The van der Waals surface area contributed by atoms with Gasteiger partial charge in [-0.3, -0.25) is 4.68 Å². The van der Waals surface area contributed by atoms with Crippen molar-refractivity contribution >= 4 is 16.0 Å². The Morgan fingerprint density at radius 3 is 2.58 bits per heavy atom. The summed E-state index contributed by atoms with van der Waals surface area (Å²) in [6, 6.07) is 6.70. The van der Waals surface area contributed by atoms with E-state index in [0.717, 1.165) is 18.4 Å². The van der Waals surface area contributed by atoms with Gasteiger partial charge in [0.1, 0.15) is 4.90 Å². The Morgan fingerprint density at radius 1 is 1.31 bits per heavy atom. The van der Waals surface area contributed by atoms with Crippen LogP contribution in [-0.2, 0) is 16.6 Å². The fraction of sp³-hybridized carbons (Fsp3) is 0.444. The second-order valence-electron chi connectivity index (χ2n) is 6.54. The lowest BCUT2D eigenvalue weighted by molar-refractivity contribution is 0.0697. The van der Waals surface area contributed by atoms with Crippen molar-refractivity contribution in [2.45, 2.75) is 44.0 Å². The molecule has 8 heteroatoms. The van der Waals surface area contributed by atoms with Gasteiger partial charge in [-0.05, 0) is 50.3 Å². The summed E-state index contributed by atoms with van der Waals surface area (Å²) < 4.78 is 29.3. The van der Waals surface area contributed by atoms with Crippen LogP contribution in [0.4, 0.5) is 0 Å². The van der Waals surface area contributed by atoms with Gasteiger partial charge >= 0.3 is 5.97 Å². The lowest BCUT2D eigenvalue weighted by Crippen LogP contribution is -2.39. The predicted molar refractivity (Wildman–Crippen MR) is 96.8 cm³/mol. The van der Waals surface area contributed by atoms with E-state index in [9.17, 15) is 13.2 Å². The van der Waals surface area contributed by atoms with Crippen molar-refractivity contribution in [3.05, 3.63) is 47.3 Å². The Balaban J connectivity index is 1.83. The van der Waals surface area contributed by atoms with Gasteiger partial charge in [0.25, 0.3) is 0 Å². The summed E-state index contributed by atoms with van der Waals surface area (Å²) in [5, 5.41) is 13.2. The number of aromatic carboxylic acids is 1. The Bertz CT molecular complexity index is 903. The van der Waals surface area contributed by atoms with E-state index in [4.69, 9.17) is 5.11 Å². The fourth-order valence-electron chi connectivity index (χ4n) is 3.47. The van der Waals surface area contributed by atoms with Crippen molar-refractivity contribution in [1.29, 1.82) is 0 Å². The first-order valence-electron chi connectivity index (χ1n) is 8.70. The van der Waals surface area contributed by atoms with Crippen LogP contribution in [0.5, 0.6) is 0 Å². The minimum absolute atomic E-state index is 0.0582. The predicted octanol–water partition coefficient (Wildman–Crippen LogP) is 2.48. The van der Waals surface area contributed by atoms with Crippen LogP contribution in [0.25, 0.3) is 0 Å². The lowest BCUT2D eigenvalue weighted by atomic mass is 9.91. The van der Waals surface area contributed by atoms with E-state index >= 15 is 0 Å². The molecule has 7 nitrogen and oxygen atoms in total. The standard InChI is InChI=1S/C18H23N3O4S/c1-3-21-13(2)17(11-19-21)26(24,25)20-10-4-5-16(12-20)14-6-8-15(9-7-14)18(22)23/h6-9,11,16H,3-5,10,12H2,1-2H3,(H,22,23)/t16-/m0/s1. The molecular weight excluding hydrogens is 354 g/mol. The van der Waals surface area contributed by atoms with E-state index in [0.29, 0.717) is 25.3 Å². The molecule has 0 spiro atoms. The molecular formula is C18H23N3O4S. The zero-order chi connectivity index (χ0) is 18.9. The van der Waals surface area contributed by atoms with Gasteiger partial charge in [-0.25, -0.2) is 13.2 Å². The van der Waals surface area contributed by atoms with E-state index in [1.54, 1.807) is 35.9 Å². The molecule has 0 unspecified atom stereocenters. The molecule has 0 bridgehead atoms. The normalized spacial score (nSPS) is 18.8. The molecule has 1 N–H and O–H groups in total. The minimum Gasteiger partial charge on any atom is -0.478 e. The van der Waals surface area contributed by atoms with Gasteiger partial charge in [-0.1, -0.05) is 12.1 Å². The molecule has 0 aliphatic carbocycles. The monoisotopic (exact) mass is 377 g/mol. The van der Waals surface area contributed by atoms with E-state index in [1.165, 1.54) is 10.5 Å². The molecule has 1 aliphatic heterocycles. The van der Waals surface area contributed by atoms with E-state index in [-0.39, 0.29) is 16.4 Å². The summed E-state index contributed by atoms with van der Waals surface area (Å²) in [5.41, 5.74) is 1.85. The number of rotatable bonds is 5. The molecule has 2 heterocycles. The fourth-order valence-corrected chi connectivity index (χ4v) is 5.15. The third-order valence-electron chi connectivity index (χ3n) is 4.99. The minimum atomic E-state index is -3.59. The summed E-state index contributed by atoms with van der Waals surface area (Å²) in [4.78, 5) is 11.3. The number of piperidine rings is 1. The number of benzene rings is 1. The number of aromatic nitrogens is 2. The third kappa shape index (κ3) is 3.39. The quantitative estimate of drug-likeness (QED) is 0.864. The number of sulfonamides is 1. The number of carboxylic acids is 1. The number of nitrogens with zero attached hydrogens (tertiary/aromatic N) is 3. The highest BCUT2D eigenvalue weighted by molar-refractivity contribution is 7.89. The van der Waals surface area contributed by atoms with Crippen LogP contribution in [0, 0.1) is 6.92 Å². The summed E-state index contributed by atoms with van der Waals surface area (Å²) in [6.45, 7) is 5.21. The van der Waals surface area contributed by atoms with Crippen LogP contribution in [0.2, 0.25) is 0 Å². The highest BCUT2D eigenvalue weighted by atomic mass is 32.2. The molecule has 1 fully saturated rings. The van der Waals surface area contributed by atoms with E-state index < -0.39 is 16.0 Å². The van der Waals surface area contributed by atoms with Crippen molar-refractivity contribution < 1.29 is 18.3 Å².